The van der Waals surface area contributed by atoms with Crippen molar-refractivity contribution in [3.8, 4) is 0 Å². The van der Waals surface area contributed by atoms with Crippen molar-refractivity contribution in [2.75, 3.05) is 12.4 Å². The van der Waals surface area contributed by atoms with Crippen molar-refractivity contribution in [1.82, 2.24) is 4.90 Å². The Morgan fingerprint density at radius 1 is 1.67 bits per heavy atom. The molecule has 0 aromatic rings. The molecule has 70 valence electrons. The molecule has 0 saturated carbocycles. The summed E-state index contributed by atoms with van der Waals surface area (Å²) in [5, 5.41) is 0. The summed E-state index contributed by atoms with van der Waals surface area (Å²) < 4.78 is 0. The minimum Gasteiger partial charge on any atom is -0.338 e. The van der Waals surface area contributed by atoms with E-state index in [1.807, 2.05) is 18.7 Å². The molecule has 0 radical (unpaired) electrons. The van der Waals surface area contributed by atoms with Crippen LogP contribution in [-0.4, -0.2) is 29.3 Å². The summed E-state index contributed by atoms with van der Waals surface area (Å²) in [6.07, 6.45) is 2.18. The number of nitrogens with zero attached hydrogens (tertiary/aromatic N) is 1. The first-order chi connectivity index (χ1) is 5.66. The lowest BCUT2D eigenvalue weighted by Gasteiger charge is -2.24. The zero-order valence-corrected chi connectivity index (χ0v) is 8.47. The number of carbonyl (C=O) groups is 1. The maximum absolute atomic E-state index is 11.6. The molecule has 2 nitrogen and oxygen atoms in total. The molecule has 12 heavy (non-hydrogen) atoms. The molecule has 1 atom stereocenters. The predicted molar refractivity (Wildman–Crippen MR) is 50.3 cm³/mol. The smallest absolute Gasteiger partial charge is 0.225 e. The van der Waals surface area contributed by atoms with Crippen LogP contribution in [0.4, 0.5) is 0 Å². The molecule has 0 N–H and O–H groups in total. The number of likely N-dealkylation sites (tertiary alicyclic amines) is 1. The van der Waals surface area contributed by atoms with Crippen molar-refractivity contribution in [2.24, 2.45) is 5.92 Å². The lowest BCUT2D eigenvalue weighted by molar-refractivity contribution is -0.134. The fourth-order valence-electron chi connectivity index (χ4n) is 1.62. The second-order valence-corrected chi connectivity index (χ2v) is 3.95. The highest BCUT2D eigenvalue weighted by atomic mass is 35.5. The SMILES string of the molecule is CC(C)C(=O)N1CCCC1CCl. The number of hydrogen-bond acceptors (Lipinski definition) is 1. The molecule has 3 heteroatoms. The van der Waals surface area contributed by atoms with Gasteiger partial charge in [-0.15, -0.1) is 11.6 Å². The molecule has 1 rings (SSSR count). The van der Waals surface area contributed by atoms with E-state index in [1.165, 1.54) is 0 Å². The van der Waals surface area contributed by atoms with Crippen LogP contribution in [0.1, 0.15) is 26.7 Å². The highest BCUT2D eigenvalue weighted by Gasteiger charge is 2.28. The van der Waals surface area contributed by atoms with Crippen molar-refractivity contribution in [3.63, 3.8) is 0 Å². The zero-order valence-electron chi connectivity index (χ0n) is 7.72. The molecule has 0 aromatic heterocycles. The highest BCUT2D eigenvalue weighted by molar-refractivity contribution is 6.18. The standard InChI is InChI=1S/C9H16ClNO/c1-7(2)9(12)11-5-3-4-8(11)6-10/h7-8H,3-6H2,1-2H3. The first-order valence-electron chi connectivity index (χ1n) is 4.53. The number of halogens is 1. The molecule has 0 spiro atoms. The van der Waals surface area contributed by atoms with Gasteiger partial charge >= 0.3 is 0 Å². The van der Waals surface area contributed by atoms with Crippen molar-refractivity contribution < 1.29 is 4.79 Å². The van der Waals surface area contributed by atoms with Crippen LogP contribution in [0.25, 0.3) is 0 Å². The topological polar surface area (TPSA) is 20.3 Å². The van der Waals surface area contributed by atoms with Crippen LogP contribution >= 0.6 is 11.6 Å². The highest BCUT2D eigenvalue weighted by Crippen LogP contribution is 2.20. The third-order valence-electron chi connectivity index (χ3n) is 2.33. The van der Waals surface area contributed by atoms with E-state index in [4.69, 9.17) is 11.6 Å². The van der Waals surface area contributed by atoms with Gasteiger partial charge in [-0.3, -0.25) is 4.79 Å². The first-order valence-corrected chi connectivity index (χ1v) is 5.06. The minimum absolute atomic E-state index is 0.105. The normalized spacial score (nSPS) is 23.7. The van der Waals surface area contributed by atoms with E-state index in [0.717, 1.165) is 19.4 Å². The predicted octanol–water partition coefficient (Wildman–Crippen LogP) is 1.87. The Morgan fingerprint density at radius 3 is 2.83 bits per heavy atom. The van der Waals surface area contributed by atoms with Crippen molar-refractivity contribution in [2.45, 2.75) is 32.7 Å². The molecule has 1 aliphatic rings. The molecule has 1 unspecified atom stereocenters. The average Bonchev–Trinajstić information content (AvgIpc) is 2.49. The Labute approximate surface area is 78.9 Å². The van der Waals surface area contributed by atoms with Crippen molar-refractivity contribution in [3.05, 3.63) is 0 Å². The summed E-state index contributed by atoms with van der Waals surface area (Å²) in [6, 6.07) is 0.293. The van der Waals surface area contributed by atoms with Gasteiger partial charge in [0.15, 0.2) is 0 Å². The lowest BCUT2D eigenvalue weighted by Crippen LogP contribution is -2.39. The molecular formula is C9H16ClNO. The zero-order chi connectivity index (χ0) is 9.14. The van der Waals surface area contributed by atoms with Gasteiger partial charge in [0, 0.05) is 24.4 Å². The fraction of sp³-hybridized carbons (Fsp3) is 0.889. The number of alkyl halides is 1. The fourth-order valence-corrected chi connectivity index (χ4v) is 1.94. The third kappa shape index (κ3) is 1.92. The summed E-state index contributed by atoms with van der Waals surface area (Å²) >= 11 is 5.76. The number of hydrogen-bond donors (Lipinski definition) is 0. The van der Waals surface area contributed by atoms with E-state index < -0.39 is 0 Å². The Kier molecular flexibility index (Phi) is 3.39. The Hall–Kier alpha value is -0.240. The van der Waals surface area contributed by atoms with Gasteiger partial charge in [-0.2, -0.15) is 0 Å². The van der Waals surface area contributed by atoms with Crippen LogP contribution in [0, 0.1) is 5.92 Å². The van der Waals surface area contributed by atoms with Crippen LogP contribution in [-0.2, 0) is 4.79 Å². The van der Waals surface area contributed by atoms with E-state index in [1.54, 1.807) is 0 Å². The monoisotopic (exact) mass is 189 g/mol. The van der Waals surface area contributed by atoms with E-state index in [-0.39, 0.29) is 11.8 Å². The molecule has 0 aromatic carbocycles. The van der Waals surface area contributed by atoms with Crippen LogP contribution < -0.4 is 0 Å². The lowest BCUT2D eigenvalue weighted by atomic mass is 10.2. The second kappa shape index (κ2) is 4.13. The quantitative estimate of drug-likeness (QED) is 0.608. The maximum Gasteiger partial charge on any atom is 0.225 e. The Balaban J connectivity index is 2.55. The maximum atomic E-state index is 11.6. The largest absolute Gasteiger partial charge is 0.338 e. The van der Waals surface area contributed by atoms with E-state index >= 15 is 0 Å². The summed E-state index contributed by atoms with van der Waals surface area (Å²) in [4.78, 5) is 13.5. The molecule has 0 bridgehead atoms. The molecule has 0 aliphatic carbocycles. The van der Waals surface area contributed by atoms with E-state index in [0.29, 0.717) is 11.9 Å². The van der Waals surface area contributed by atoms with Gasteiger partial charge in [0.1, 0.15) is 0 Å². The molecule has 1 heterocycles. The minimum atomic E-state index is 0.105. The summed E-state index contributed by atoms with van der Waals surface area (Å²) in [5.41, 5.74) is 0. The third-order valence-corrected chi connectivity index (χ3v) is 2.69. The molecule has 1 saturated heterocycles. The number of rotatable bonds is 2. The van der Waals surface area contributed by atoms with Gasteiger partial charge in [0.25, 0.3) is 0 Å². The molecule has 1 amide bonds. The van der Waals surface area contributed by atoms with Crippen LogP contribution in [0.3, 0.4) is 0 Å². The van der Waals surface area contributed by atoms with Crippen LogP contribution in [0.5, 0.6) is 0 Å². The number of amides is 1. The van der Waals surface area contributed by atoms with E-state index in [9.17, 15) is 4.79 Å². The Bertz CT molecular complexity index is 170. The van der Waals surface area contributed by atoms with Gasteiger partial charge in [0.2, 0.25) is 5.91 Å². The van der Waals surface area contributed by atoms with Gasteiger partial charge in [-0.05, 0) is 12.8 Å². The van der Waals surface area contributed by atoms with Crippen molar-refractivity contribution in [1.29, 1.82) is 0 Å². The molecule has 1 aliphatic heterocycles. The first kappa shape index (κ1) is 9.85. The molecule has 1 fully saturated rings. The van der Waals surface area contributed by atoms with Crippen LogP contribution in [0.2, 0.25) is 0 Å². The summed E-state index contributed by atoms with van der Waals surface area (Å²) in [6.45, 7) is 4.77. The van der Waals surface area contributed by atoms with Crippen molar-refractivity contribution >= 4 is 17.5 Å². The van der Waals surface area contributed by atoms with E-state index in [2.05, 4.69) is 0 Å². The molecular weight excluding hydrogens is 174 g/mol. The average molecular weight is 190 g/mol. The van der Waals surface area contributed by atoms with Gasteiger partial charge in [-0.25, -0.2) is 0 Å². The summed E-state index contributed by atoms with van der Waals surface area (Å²) in [5.74, 6) is 0.935. The number of carbonyl (C=O) groups excluding carboxylic acids is 1. The van der Waals surface area contributed by atoms with Crippen LogP contribution in [0.15, 0.2) is 0 Å². The Morgan fingerprint density at radius 2 is 2.33 bits per heavy atom. The summed E-state index contributed by atoms with van der Waals surface area (Å²) in [7, 11) is 0. The van der Waals surface area contributed by atoms with Gasteiger partial charge in [0.05, 0.1) is 0 Å². The van der Waals surface area contributed by atoms with Gasteiger partial charge < -0.3 is 4.90 Å². The second-order valence-electron chi connectivity index (χ2n) is 3.64. The van der Waals surface area contributed by atoms with Gasteiger partial charge in [-0.1, -0.05) is 13.8 Å².